The van der Waals surface area contributed by atoms with Crippen molar-refractivity contribution in [3.63, 3.8) is 0 Å². The maximum absolute atomic E-state index is 13.5. The van der Waals surface area contributed by atoms with Crippen molar-refractivity contribution in [1.82, 2.24) is 14.8 Å². The van der Waals surface area contributed by atoms with Crippen LogP contribution in [0.3, 0.4) is 0 Å². The number of hydrogen-bond acceptors (Lipinski definition) is 3. The number of rotatable bonds is 4. The van der Waals surface area contributed by atoms with Gasteiger partial charge in [-0.1, -0.05) is 28.1 Å². The van der Waals surface area contributed by atoms with Crippen LogP contribution in [-0.2, 0) is 12.7 Å². The van der Waals surface area contributed by atoms with Gasteiger partial charge in [0.05, 0.1) is 34.7 Å². The molecular formula is C23H16BrF5N4O. The molecule has 5 nitrogen and oxygen atoms in total. The maximum atomic E-state index is 13.5. The van der Waals surface area contributed by atoms with E-state index in [0.717, 1.165) is 12.1 Å². The molecule has 0 saturated heterocycles. The first-order chi connectivity index (χ1) is 15.9. The fourth-order valence-corrected chi connectivity index (χ4v) is 3.91. The summed E-state index contributed by atoms with van der Waals surface area (Å²) in [6, 6.07) is 8.68. The molecule has 0 atom stereocenters. The quantitative estimate of drug-likeness (QED) is 0.305. The Labute approximate surface area is 198 Å². The summed E-state index contributed by atoms with van der Waals surface area (Å²) < 4.78 is 69.0. The van der Waals surface area contributed by atoms with Gasteiger partial charge in [0.25, 0.3) is 5.91 Å². The summed E-state index contributed by atoms with van der Waals surface area (Å²) >= 11 is 3.20. The highest BCUT2D eigenvalue weighted by molar-refractivity contribution is 9.10. The lowest BCUT2D eigenvalue weighted by Gasteiger charge is -2.13. The first-order valence-electron chi connectivity index (χ1n) is 9.91. The van der Waals surface area contributed by atoms with Crippen LogP contribution in [0.25, 0.3) is 10.9 Å². The molecule has 2 aromatic heterocycles. The second kappa shape index (κ2) is 8.79. The van der Waals surface area contributed by atoms with E-state index in [0.29, 0.717) is 33.2 Å². The van der Waals surface area contributed by atoms with E-state index in [9.17, 15) is 26.7 Å². The third kappa shape index (κ3) is 4.65. The van der Waals surface area contributed by atoms with Crippen molar-refractivity contribution in [2.45, 2.75) is 26.6 Å². The van der Waals surface area contributed by atoms with Crippen molar-refractivity contribution in [3.05, 3.63) is 86.8 Å². The summed E-state index contributed by atoms with van der Waals surface area (Å²) in [5.74, 6) is -2.73. The molecular weight excluding hydrogens is 523 g/mol. The topological polar surface area (TPSA) is 59.8 Å². The van der Waals surface area contributed by atoms with Crippen molar-refractivity contribution in [2.24, 2.45) is 0 Å². The molecule has 1 N–H and O–H groups in total. The highest BCUT2D eigenvalue weighted by Crippen LogP contribution is 2.32. The first kappa shape index (κ1) is 23.8. The van der Waals surface area contributed by atoms with E-state index in [1.807, 2.05) is 0 Å². The molecule has 176 valence electrons. The molecule has 2 heterocycles. The van der Waals surface area contributed by atoms with Gasteiger partial charge in [0.1, 0.15) is 5.69 Å². The minimum Gasteiger partial charge on any atom is -0.319 e. The number of amides is 1. The van der Waals surface area contributed by atoms with Gasteiger partial charge in [-0.3, -0.25) is 9.48 Å². The van der Waals surface area contributed by atoms with Gasteiger partial charge in [0, 0.05) is 9.86 Å². The van der Waals surface area contributed by atoms with Crippen LogP contribution < -0.4 is 5.32 Å². The number of nitrogens with zero attached hydrogens (tertiary/aromatic N) is 3. The summed E-state index contributed by atoms with van der Waals surface area (Å²) in [6.45, 7) is 3.37. The Balaban J connectivity index is 1.70. The van der Waals surface area contributed by atoms with Crippen LogP contribution in [0.1, 0.15) is 33.0 Å². The van der Waals surface area contributed by atoms with Gasteiger partial charge in [0.15, 0.2) is 11.6 Å². The second-order valence-electron chi connectivity index (χ2n) is 7.62. The summed E-state index contributed by atoms with van der Waals surface area (Å²) in [4.78, 5) is 16.7. The van der Waals surface area contributed by atoms with Gasteiger partial charge < -0.3 is 5.32 Å². The third-order valence-electron chi connectivity index (χ3n) is 5.24. The average molecular weight is 539 g/mol. The van der Waals surface area contributed by atoms with E-state index in [4.69, 9.17) is 0 Å². The summed E-state index contributed by atoms with van der Waals surface area (Å²) in [6.07, 6.45) is -4.74. The van der Waals surface area contributed by atoms with E-state index < -0.39 is 29.4 Å². The summed E-state index contributed by atoms with van der Waals surface area (Å²) in [5, 5.41) is 7.21. The van der Waals surface area contributed by atoms with Crippen molar-refractivity contribution < 1.29 is 26.7 Å². The molecule has 0 unspecified atom stereocenters. The fraction of sp³-hybridized carbons (Fsp3) is 0.174. The van der Waals surface area contributed by atoms with E-state index in [1.54, 1.807) is 19.9 Å². The Bertz CT molecular complexity index is 1430. The monoisotopic (exact) mass is 538 g/mol. The van der Waals surface area contributed by atoms with Crippen LogP contribution in [-0.4, -0.2) is 20.7 Å². The van der Waals surface area contributed by atoms with E-state index in [2.05, 4.69) is 31.3 Å². The van der Waals surface area contributed by atoms with Crippen molar-refractivity contribution in [3.8, 4) is 0 Å². The Hall–Kier alpha value is -3.34. The molecule has 0 fully saturated rings. The second-order valence-corrected chi connectivity index (χ2v) is 8.54. The molecule has 0 radical (unpaired) electrons. The molecule has 0 aliphatic rings. The zero-order chi connectivity index (χ0) is 24.8. The lowest BCUT2D eigenvalue weighted by Crippen LogP contribution is -2.17. The average Bonchev–Trinajstić information content (AvgIpc) is 3.01. The van der Waals surface area contributed by atoms with Crippen molar-refractivity contribution >= 4 is 38.4 Å². The smallest absolute Gasteiger partial charge is 0.319 e. The number of benzene rings is 2. The zero-order valence-corrected chi connectivity index (χ0v) is 19.4. The lowest BCUT2D eigenvalue weighted by atomic mass is 10.1. The van der Waals surface area contributed by atoms with Gasteiger partial charge >= 0.3 is 6.18 Å². The highest BCUT2D eigenvalue weighted by atomic mass is 79.9. The minimum absolute atomic E-state index is 0.0109. The van der Waals surface area contributed by atoms with Crippen LogP contribution in [0.15, 0.2) is 46.9 Å². The molecule has 0 aliphatic carbocycles. The number of alkyl halides is 3. The summed E-state index contributed by atoms with van der Waals surface area (Å²) in [7, 11) is 0. The van der Waals surface area contributed by atoms with Gasteiger partial charge in [-0.2, -0.15) is 18.3 Å². The predicted molar refractivity (Wildman–Crippen MR) is 120 cm³/mol. The minimum atomic E-state index is -4.74. The number of aromatic nitrogens is 3. The van der Waals surface area contributed by atoms with Crippen molar-refractivity contribution in [1.29, 1.82) is 0 Å². The number of carbonyl (C=O) groups excluding carboxylic acids is 1. The van der Waals surface area contributed by atoms with Crippen LogP contribution in [0.5, 0.6) is 0 Å². The Morgan fingerprint density at radius 3 is 2.47 bits per heavy atom. The lowest BCUT2D eigenvalue weighted by molar-refractivity contribution is -0.140. The number of nitrogens with one attached hydrogen (secondary N) is 1. The maximum Gasteiger partial charge on any atom is 0.433 e. The number of pyridine rings is 1. The number of fused-ring (bicyclic) bond motifs is 1. The standard InChI is InChI=1S/C23H16BrF5N4O/c1-11-21(12(2)33(32-11)10-13-3-6-17(25)18(26)7-13)31-22(34)16-9-20(23(27,28)29)30-19-8-14(24)4-5-15(16)19/h3-9H,10H2,1-2H3,(H,31,34). The number of aryl methyl sites for hydroxylation is 1. The highest BCUT2D eigenvalue weighted by Gasteiger charge is 2.34. The molecule has 0 aliphatic heterocycles. The Morgan fingerprint density at radius 1 is 1.06 bits per heavy atom. The molecule has 0 saturated carbocycles. The zero-order valence-electron chi connectivity index (χ0n) is 17.8. The summed E-state index contributed by atoms with van der Waals surface area (Å²) in [5.41, 5.74) is 0.281. The number of hydrogen-bond donors (Lipinski definition) is 1. The van der Waals surface area contributed by atoms with Crippen LogP contribution in [0.2, 0.25) is 0 Å². The molecule has 0 bridgehead atoms. The van der Waals surface area contributed by atoms with Crippen LogP contribution >= 0.6 is 15.9 Å². The molecule has 4 rings (SSSR count). The van der Waals surface area contributed by atoms with Crippen LogP contribution in [0.4, 0.5) is 27.6 Å². The molecule has 2 aromatic carbocycles. The van der Waals surface area contributed by atoms with Gasteiger partial charge in [0.2, 0.25) is 0 Å². The number of carbonyl (C=O) groups is 1. The molecule has 34 heavy (non-hydrogen) atoms. The number of halogens is 6. The molecule has 0 spiro atoms. The fourth-order valence-electron chi connectivity index (χ4n) is 3.56. The molecule has 11 heteroatoms. The molecule has 1 amide bonds. The Kier molecular flexibility index (Phi) is 6.15. The first-order valence-corrected chi connectivity index (χ1v) is 10.7. The third-order valence-corrected chi connectivity index (χ3v) is 5.74. The Morgan fingerprint density at radius 2 is 1.79 bits per heavy atom. The largest absolute Gasteiger partial charge is 0.433 e. The van der Waals surface area contributed by atoms with Crippen molar-refractivity contribution in [2.75, 3.05) is 5.32 Å². The van der Waals surface area contributed by atoms with E-state index in [1.165, 1.54) is 22.9 Å². The SMILES string of the molecule is Cc1nn(Cc2ccc(F)c(F)c2)c(C)c1NC(=O)c1cc(C(F)(F)F)nc2cc(Br)ccc12. The van der Waals surface area contributed by atoms with E-state index >= 15 is 0 Å². The van der Waals surface area contributed by atoms with Gasteiger partial charge in [-0.25, -0.2) is 13.8 Å². The van der Waals surface area contributed by atoms with Gasteiger partial charge in [-0.05, 0) is 49.7 Å². The molecule has 4 aromatic rings. The number of anilines is 1. The van der Waals surface area contributed by atoms with E-state index in [-0.39, 0.29) is 23.0 Å². The van der Waals surface area contributed by atoms with Crippen LogP contribution in [0, 0.1) is 25.5 Å². The normalized spacial score (nSPS) is 11.8. The van der Waals surface area contributed by atoms with Gasteiger partial charge in [-0.15, -0.1) is 0 Å². The predicted octanol–water partition coefficient (Wildman–Crippen LogP) is 6.41.